The Morgan fingerprint density at radius 1 is 1.35 bits per heavy atom. The summed E-state index contributed by atoms with van der Waals surface area (Å²) in [7, 11) is 0. The lowest BCUT2D eigenvalue weighted by Gasteiger charge is -2.37. The van der Waals surface area contributed by atoms with Crippen molar-refractivity contribution in [1.29, 1.82) is 0 Å². The van der Waals surface area contributed by atoms with Crippen molar-refractivity contribution in [2.45, 2.75) is 16.2 Å². The molecular formula is C14H8BrNO5S2. The highest BCUT2D eigenvalue weighted by Gasteiger charge is 2.51. The summed E-state index contributed by atoms with van der Waals surface area (Å²) in [4.78, 5) is 38.9. The van der Waals surface area contributed by atoms with Crippen LogP contribution in [0.4, 0.5) is 0 Å². The first kappa shape index (κ1) is 15.0. The lowest BCUT2D eigenvalue weighted by molar-refractivity contribution is -0.147. The Morgan fingerprint density at radius 3 is 2.87 bits per heavy atom. The van der Waals surface area contributed by atoms with Crippen LogP contribution in [0.1, 0.15) is 16.4 Å². The van der Waals surface area contributed by atoms with E-state index in [9.17, 15) is 19.5 Å². The molecule has 0 saturated heterocycles. The van der Waals surface area contributed by atoms with Crippen LogP contribution in [0, 0.1) is 5.92 Å². The maximum absolute atomic E-state index is 12.4. The van der Waals surface area contributed by atoms with Gasteiger partial charge in [0.2, 0.25) is 0 Å². The highest BCUT2D eigenvalue weighted by Crippen LogP contribution is 2.53. The quantitative estimate of drug-likeness (QED) is 0.550. The van der Waals surface area contributed by atoms with Gasteiger partial charge in [-0.05, 0) is 18.2 Å². The van der Waals surface area contributed by atoms with Crippen LogP contribution in [0.2, 0.25) is 0 Å². The number of benzene rings is 1. The monoisotopic (exact) mass is 413 g/mol. The molecule has 2 aliphatic rings. The number of ether oxygens (including phenoxy) is 1. The molecule has 1 aromatic carbocycles. The van der Waals surface area contributed by atoms with Crippen LogP contribution >= 0.6 is 39.0 Å². The number of aromatic nitrogens is 1. The van der Waals surface area contributed by atoms with Gasteiger partial charge in [-0.2, -0.15) is 0 Å². The van der Waals surface area contributed by atoms with Crippen LogP contribution in [0.5, 0.6) is 5.75 Å². The van der Waals surface area contributed by atoms with Gasteiger partial charge in [-0.15, -0.1) is 0 Å². The van der Waals surface area contributed by atoms with E-state index in [0.717, 1.165) is 27.6 Å². The second-order valence-corrected chi connectivity index (χ2v) is 8.27. The highest BCUT2D eigenvalue weighted by molar-refractivity contribution is 9.10. The van der Waals surface area contributed by atoms with E-state index in [4.69, 9.17) is 4.74 Å². The molecule has 1 aromatic heterocycles. The van der Waals surface area contributed by atoms with Gasteiger partial charge >= 0.3 is 16.8 Å². The number of hydrogen-bond donors (Lipinski definition) is 2. The number of carbonyl (C=O) groups is 2. The Hall–Kier alpha value is -1.58. The van der Waals surface area contributed by atoms with E-state index in [2.05, 4.69) is 20.9 Å². The van der Waals surface area contributed by atoms with Crippen molar-refractivity contribution in [2.75, 3.05) is 0 Å². The van der Waals surface area contributed by atoms with Gasteiger partial charge in [-0.3, -0.25) is 14.4 Å². The van der Waals surface area contributed by atoms with Crippen molar-refractivity contribution in [2.24, 2.45) is 5.92 Å². The van der Waals surface area contributed by atoms with Crippen LogP contribution in [0.25, 0.3) is 0 Å². The predicted molar refractivity (Wildman–Crippen MR) is 87.3 cm³/mol. The summed E-state index contributed by atoms with van der Waals surface area (Å²) in [6, 6.07) is 5.22. The van der Waals surface area contributed by atoms with Crippen LogP contribution < -0.4 is 9.61 Å². The molecule has 0 aliphatic carbocycles. The summed E-state index contributed by atoms with van der Waals surface area (Å²) in [5.41, 5.74) is 0.715. The summed E-state index contributed by atoms with van der Waals surface area (Å²) < 4.78 is 6.13. The first-order chi connectivity index (χ1) is 11.0. The number of carboxylic acids is 1. The number of aliphatic carboxylic acids is 1. The zero-order chi connectivity index (χ0) is 16.3. The molecule has 0 fully saturated rings. The number of hydrogen-bond acceptors (Lipinski definition) is 6. The summed E-state index contributed by atoms with van der Waals surface area (Å²) in [5, 5.41) is 9.02. The molecule has 0 amide bonds. The molecule has 0 bridgehead atoms. The zero-order valence-corrected chi connectivity index (χ0v) is 14.5. The fraction of sp³-hybridized carbons (Fsp3) is 0.214. The van der Waals surface area contributed by atoms with Gasteiger partial charge in [-0.1, -0.05) is 39.0 Å². The number of rotatable bonds is 1. The highest BCUT2D eigenvalue weighted by atomic mass is 79.9. The molecule has 4 rings (SSSR count). The second kappa shape index (κ2) is 5.22. The van der Waals surface area contributed by atoms with Gasteiger partial charge in [0.05, 0.1) is 10.9 Å². The fourth-order valence-corrected chi connectivity index (χ4v) is 5.76. The van der Waals surface area contributed by atoms with E-state index < -0.39 is 29.0 Å². The van der Waals surface area contributed by atoms with Gasteiger partial charge in [0, 0.05) is 20.8 Å². The minimum absolute atomic E-state index is 0.261. The van der Waals surface area contributed by atoms with E-state index in [0.29, 0.717) is 21.2 Å². The van der Waals surface area contributed by atoms with E-state index in [1.54, 1.807) is 12.1 Å². The number of thiazole rings is 1. The second-order valence-electron chi connectivity index (χ2n) is 5.19. The topological polar surface area (TPSA) is 96.5 Å². The normalized spacial score (nSPS) is 25.1. The van der Waals surface area contributed by atoms with Crippen LogP contribution in [0.15, 0.2) is 32.5 Å². The average Bonchev–Trinajstić information content (AvgIpc) is 2.86. The molecule has 9 heteroatoms. The number of thioether (sulfide) groups is 1. The average molecular weight is 414 g/mol. The van der Waals surface area contributed by atoms with Crippen molar-refractivity contribution < 1.29 is 19.4 Å². The number of esters is 1. The van der Waals surface area contributed by atoms with Gasteiger partial charge in [0.15, 0.2) is 0 Å². The van der Waals surface area contributed by atoms with Gasteiger partial charge < -0.3 is 14.8 Å². The molecule has 0 unspecified atom stereocenters. The third kappa shape index (κ3) is 2.26. The zero-order valence-electron chi connectivity index (χ0n) is 11.2. The van der Waals surface area contributed by atoms with E-state index in [1.807, 2.05) is 6.07 Å². The van der Waals surface area contributed by atoms with Crippen molar-refractivity contribution in [3.8, 4) is 5.75 Å². The summed E-state index contributed by atoms with van der Waals surface area (Å²) in [6.45, 7) is 0. The van der Waals surface area contributed by atoms with Crippen LogP contribution in [-0.4, -0.2) is 27.3 Å². The molecule has 3 atom stereocenters. The largest absolute Gasteiger partial charge is 0.480 e. The smallest absolute Gasteiger partial charge is 0.317 e. The van der Waals surface area contributed by atoms with E-state index >= 15 is 0 Å². The summed E-state index contributed by atoms with van der Waals surface area (Å²) in [6.07, 6.45) is 0. The lowest BCUT2D eigenvalue weighted by Crippen LogP contribution is -2.44. The molecule has 23 heavy (non-hydrogen) atoms. The molecule has 0 saturated carbocycles. The lowest BCUT2D eigenvalue weighted by atomic mass is 9.80. The molecule has 6 nitrogen and oxygen atoms in total. The summed E-state index contributed by atoms with van der Waals surface area (Å²) >= 11 is 5.39. The number of carboxylic acid groups (broad SMARTS) is 1. The standard InChI is InChI=1S/C14H8BrNO5S2/c15-4-1-2-6-5(3-4)7-8(13(19)21-6)10(12(17)18)22-11-9(7)23-14(20)16-11/h1-3,7-8,10H,(H,16,20)(H,17,18)/t7-,8+,10-/m1/s1. The van der Waals surface area contributed by atoms with Crippen molar-refractivity contribution >= 4 is 51.0 Å². The Bertz CT molecular complexity index is 905. The summed E-state index contributed by atoms with van der Waals surface area (Å²) in [5.74, 6) is -2.63. The van der Waals surface area contributed by atoms with E-state index in [1.165, 1.54) is 0 Å². The number of carbonyl (C=O) groups excluding carboxylic acids is 1. The van der Waals surface area contributed by atoms with Gasteiger partial charge in [0.1, 0.15) is 11.0 Å². The Labute approximate surface area is 146 Å². The molecule has 0 radical (unpaired) electrons. The first-order valence-corrected chi connectivity index (χ1v) is 9.08. The van der Waals surface area contributed by atoms with Gasteiger partial charge in [0.25, 0.3) is 0 Å². The maximum Gasteiger partial charge on any atom is 0.317 e. The molecule has 2 aromatic rings. The minimum Gasteiger partial charge on any atom is -0.480 e. The molecule has 3 heterocycles. The van der Waals surface area contributed by atoms with Crippen molar-refractivity contribution in [3.05, 3.63) is 42.8 Å². The minimum atomic E-state index is -1.10. The number of fused-ring (bicyclic) bond motifs is 5. The SMILES string of the molecule is O=C1Oc2ccc(Br)cc2[C@H]2c3sc(=O)[nH]c3S[C@@H](C(=O)O)[C@@H]12. The van der Waals surface area contributed by atoms with Crippen molar-refractivity contribution in [1.82, 2.24) is 4.98 Å². The fourth-order valence-electron chi connectivity index (χ4n) is 2.99. The number of halogens is 1. The molecule has 118 valence electrons. The predicted octanol–water partition coefficient (Wildman–Crippen LogP) is 2.42. The number of H-pyrrole nitrogens is 1. The number of aromatic amines is 1. The third-order valence-corrected chi connectivity index (χ3v) is 6.78. The maximum atomic E-state index is 12.4. The van der Waals surface area contributed by atoms with Crippen LogP contribution in [0.3, 0.4) is 0 Å². The van der Waals surface area contributed by atoms with Crippen LogP contribution in [-0.2, 0) is 9.59 Å². The Kier molecular flexibility index (Phi) is 3.40. The number of nitrogens with one attached hydrogen (secondary N) is 1. The molecular weight excluding hydrogens is 406 g/mol. The van der Waals surface area contributed by atoms with Gasteiger partial charge in [-0.25, -0.2) is 0 Å². The molecule has 0 spiro atoms. The molecule has 2 aliphatic heterocycles. The Morgan fingerprint density at radius 2 is 2.13 bits per heavy atom. The third-order valence-electron chi connectivity index (χ3n) is 3.89. The molecule has 2 N–H and O–H groups in total. The van der Waals surface area contributed by atoms with E-state index in [-0.39, 0.29) is 4.87 Å². The first-order valence-electron chi connectivity index (χ1n) is 6.59. The Balaban J connectivity index is 2.00. The van der Waals surface area contributed by atoms with Crippen molar-refractivity contribution in [3.63, 3.8) is 0 Å².